The van der Waals surface area contributed by atoms with Crippen LogP contribution in [0.5, 0.6) is 0 Å². The summed E-state index contributed by atoms with van der Waals surface area (Å²) < 4.78 is 0. The molecular weight excluding hydrogens is 496 g/mol. The van der Waals surface area contributed by atoms with Crippen LogP contribution < -0.4 is 4.90 Å². The van der Waals surface area contributed by atoms with E-state index in [1.165, 1.54) is 17.3 Å². The van der Waals surface area contributed by atoms with Gasteiger partial charge in [0.1, 0.15) is 11.0 Å². The predicted molar refractivity (Wildman–Crippen MR) is 145 cm³/mol. The molecule has 0 radical (unpaired) electrons. The Morgan fingerprint density at radius 1 is 1.08 bits per heavy atom. The number of hydrogen-bond acceptors (Lipinski definition) is 7. The van der Waals surface area contributed by atoms with Gasteiger partial charge in [-0.05, 0) is 12.5 Å². The summed E-state index contributed by atoms with van der Waals surface area (Å²) in [6, 6.07) is 12.1. The van der Waals surface area contributed by atoms with Gasteiger partial charge < -0.3 is 14.7 Å². The molecule has 1 atom stereocenters. The predicted octanol–water partition coefficient (Wildman–Crippen LogP) is 3.14. The number of benzene rings is 1. The van der Waals surface area contributed by atoms with Gasteiger partial charge in [-0.1, -0.05) is 65.8 Å². The summed E-state index contributed by atoms with van der Waals surface area (Å²) in [6.45, 7) is 9.68. The van der Waals surface area contributed by atoms with E-state index >= 15 is 0 Å². The fraction of sp³-hybridized carbons (Fsp3) is 0.462. The van der Waals surface area contributed by atoms with Crippen LogP contribution in [-0.4, -0.2) is 101 Å². The first kappa shape index (κ1) is 26.4. The van der Waals surface area contributed by atoms with Gasteiger partial charge in [-0.3, -0.25) is 14.5 Å². The average molecular weight is 529 g/mol. The Hall–Kier alpha value is -2.62. The molecular formula is C26H33ClN6O2S. The number of anilines is 1. The Bertz CT molecular complexity index is 1080. The van der Waals surface area contributed by atoms with Crippen molar-refractivity contribution >= 4 is 47.1 Å². The molecule has 2 saturated heterocycles. The summed E-state index contributed by atoms with van der Waals surface area (Å²) in [4.78, 5) is 41.8. The molecule has 192 valence electrons. The second kappa shape index (κ2) is 12.6. The van der Waals surface area contributed by atoms with Gasteiger partial charge in [0.05, 0.1) is 5.75 Å². The fourth-order valence-corrected chi connectivity index (χ4v) is 5.53. The minimum Gasteiger partial charge on any atom is -0.353 e. The maximum atomic E-state index is 12.8. The van der Waals surface area contributed by atoms with Crippen molar-refractivity contribution in [3.8, 4) is 0 Å². The van der Waals surface area contributed by atoms with E-state index in [0.29, 0.717) is 29.9 Å². The molecule has 0 bridgehead atoms. The van der Waals surface area contributed by atoms with E-state index in [0.717, 1.165) is 38.5 Å². The topological polar surface area (TPSA) is 72.9 Å². The molecule has 2 aliphatic heterocycles. The monoisotopic (exact) mass is 528 g/mol. The van der Waals surface area contributed by atoms with E-state index in [4.69, 9.17) is 11.6 Å². The molecule has 0 N–H and O–H groups in total. The number of piperazine rings is 2. The highest BCUT2D eigenvalue weighted by atomic mass is 35.5. The van der Waals surface area contributed by atoms with E-state index in [1.807, 2.05) is 34.9 Å². The minimum absolute atomic E-state index is 0.0853. The second-order valence-corrected chi connectivity index (χ2v) is 10.5. The summed E-state index contributed by atoms with van der Waals surface area (Å²) in [5.41, 5.74) is 1.20. The van der Waals surface area contributed by atoms with Crippen molar-refractivity contribution in [3.63, 3.8) is 0 Å². The zero-order valence-electron chi connectivity index (χ0n) is 20.8. The summed E-state index contributed by atoms with van der Waals surface area (Å²) in [7, 11) is 0. The summed E-state index contributed by atoms with van der Waals surface area (Å²) in [6.07, 6.45) is 4.31. The number of amides is 2. The van der Waals surface area contributed by atoms with Crippen molar-refractivity contribution in [1.29, 1.82) is 0 Å². The normalized spacial score (nSPS) is 19.2. The standard InChI is InChI=1S/C26H33ClN6O2S/c1-20-18-32(15-16-33(20)21(2)34)24-17-23(27)28-26(29-24)36-19-25(35)31-13-11-30(12-14-31)10-6-9-22-7-4-3-5-8-22/h3-9,17,20H,10-16,18-19H2,1-2H3. The van der Waals surface area contributed by atoms with Crippen LogP contribution >= 0.6 is 23.4 Å². The number of halogens is 1. The molecule has 10 heteroatoms. The second-order valence-electron chi connectivity index (χ2n) is 9.12. The Balaban J connectivity index is 1.24. The van der Waals surface area contributed by atoms with Crippen LogP contribution in [-0.2, 0) is 9.59 Å². The largest absolute Gasteiger partial charge is 0.353 e. The van der Waals surface area contributed by atoms with Gasteiger partial charge in [-0.2, -0.15) is 0 Å². The smallest absolute Gasteiger partial charge is 0.233 e. The molecule has 8 nitrogen and oxygen atoms in total. The van der Waals surface area contributed by atoms with Crippen molar-refractivity contribution in [2.45, 2.75) is 25.0 Å². The lowest BCUT2D eigenvalue weighted by Crippen LogP contribution is -2.53. The molecule has 1 aromatic carbocycles. The summed E-state index contributed by atoms with van der Waals surface area (Å²) in [5.74, 6) is 1.19. The lowest BCUT2D eigenvalue weighted by Gasteiger charge is -2.40. The number of nitrogens with zero attached hydrogens (tertiary/aromatic N) is 6. The van der Waals surface area contributed by atoms with Crippen LogP contribution in [0.15, 0.2) is 47.6 Å². The first-order valence-electron chi connectivity index (χ1n) is 12.3. The van der Waals surface area contributed by atoms with Crippen molar-refractivity contribution in [2.75, 3.05) is 63.0 Å². The van der Waals surface area contributed by atoms with Crippen LogP contribution in [0.3, 0.4) is 0 Å². The van der Waals surface area contributed by atoms with Crippen LogP contribution in [0.2, 0.25) is 5.15 Å². The van der Waals surface area contributed by atoms with Gasteiger partial charge in [0, 0.05) is 71.4 Å². The Morgan fingerprint density at radius 3 is 2.53 bits per heavy atom. The Kier molecular flexibility index (Phi) is 9.23. The molecule has 2 amide bonds. The molecule has 4 rings (SSSR count). The van der Waals surface area contributed by atoms with E-state index in [-0.39, 0.29) is 23.6 Å². The van der Waals surface area contributed by atoms with Crippen LogP contribution in [0.4, 0.5) is 5.82 Å². The van der Waals surface area contributed by atoms with E-state index in [2.05, 4.69) is 44.1 Å². The van der Waals surface area contributed by atoms with Crippen molar-refractivity contribution in [2.24, 2.45) is 0 Å². The fourth-order valence-electron chi connectivity index (χ4n) is 4.54. The minimum atomic E-state index is 0.0853. The first-order chi connectivity index (χ1) is 17.4. The number of thioether (sulfide) groups is 1. The van der Waals surface area contributed by atoms with Gasteiger partial charge in [0.15, 0.2) is 5.16 Å². The zero-order chi connectivity index (χ0) is 25.5. The van der Waals surface area contributed by atoms with Crippen LogP contribution in [0, 0.1) is 0 Å². The van der Waals surface area contributed by atoms with Gasteiger partial charge in [-0.15, -0.1) is 0 Å². The maximum Gasteiger partial charge on any atom is 0.233 e. The van der Waals surface area contributed by atoms with E-state index in [9.17, 15) is 9.59 Å². The van der Waals surface area contributed by atoms with Crippen molar-refractivity contribution in [1.82, 2.24) is 24.7 Å². The van der Waals surface area contributed by atoms with Crippen molar-refractivity contribution in [3.05, 3.63) is 53.2 Å². The Morgan fingerprint density at radius 2 is 1.83 bits per heavy atom. The number of hydrogen-bond donors (Lipinski definition) is 0. The lowest BCUT2D eigenvalue weighted by atomic mass is 10.2. The molecule has 1 aromatic heterocycles. The highest BCUT2D eigenvalue weighted by Crippen LogP contribution is 2.24. The third kappa shape index (κ3) is 7.21. The molecule has 1 unspecified atom stereocenters. The number of carbonyl (C=O) groups is 2. The molecule has 36 heavy (non-hydrogen) atoms. The molecule has 0 saturated carbocycles. The highest BCUT2D eigenvalue weighted by Gasteiger charge is 2.27. The molecule has 2 aliphatic rings. The maximum absolute atomic E-state index is 12.8. The quantitative estimate of drug-likeness (QED) is 0.310. The van der Waals surface area contributed by atoms with Crippen LogP contribution in [0.25, 0.3) is 6.08 Å². The SMILES string of the molecule is CC(=O)N1CCN(c2cc(Cl)nc(SCC(=O)N3CCN(CC=Cc4ccccc4)CC3)n2)CC1C. The van der Waals surface area contributed by atoms with E-state index < -0.39 is 0 Å². The average Bonchev–Trinajstić information content (AvgIpc) is 2.88. The van der Waals surface area contributed by atoms with E-state index in [1.54, 1.807) is 13.0 Å². The first-order valence-corrected chi connectivity index (χ1v) is 13.7. The van der Waals surface area contributed by atoms with Crippen LogP contribution in [0.1, 0.15) is 19.4 Å². The van der Waals surface area contributed by atoms with Gasteiger partial charge in [0.25, 0.3) is 0 Å². The number of carbonyl (C=O) groups excluding carboxylic acids is 2. The number of rotatable bonds is 7. The highest BCUT2D eigenvalue weighted by molar-refractivity contribution is 7.99. The van der Waals surface area contributed by atoms with Gasteiger partial charge >= 0.3 is 0 Å². The van der Waals surface area contributed by atoms with Gasteiger partial charge in [0.2, 0.25) is 11.8 Å². The molecule has 3 heterocycles. The molecule has 0 aliphatic carbocycles. The zero-order valence-corrected chi connectivity index (χ0v) is 22.4. The summed E-state index contributed by atoms with van der Waals surface area (Å²) >= 11 is 7.60. The molecule has 2 aromatic rings. The Labute approximate surface area is 222 Å². The van der Waals surface area contributed by atoms with Gasteiger partial charge in [-0.25, -0.2) is 9.97 Å². The molecule has 0 spiro atoms. The lowest BCUT2D eigenvalue weighted by molar-refractivity contribution is -0.131. The third-order valence-electron chi connectivity index (χ3n) is 6.54. The number of aromatic nitrogens is 2. The van der Waals surface area contributed by atoms with Crippen molar-refractivity contribution < 1.29 is 9.59 Å². The summed E-state index contributed by atoms with van der Waals surface area (Å²) in [5, 5.41) is 0.853. The molecule has 2 fully saturated rings. The third-order valence-corrected chi connectivity index (χ3v) is 7.57.